The fourth-order valence-corrected chi connectivity index (χ4v) is 2.82. The molecule has 0 fully saturated rings. The van der Waals surface area contributed by atoms with Crippen molar-refractivity contribution in [3.63, 3.8) is 0 Å². The van der Waals surface area contributed by atoms with Gasteiger partial charge in [0.05, 0.1) is 4.90 Å². The number of amides is 1. The Balaban J connectivity index is 0.00000400. The van der Waals surface area contributed by atoms with Crippen LogP contribution in [0.15, 0.2) is 29.2 Å². The van der Waals surface area contributed by atoms with Gasteiger partial charge < -0.3 is 10.6 Å². The van der Waals surface area contributed by atoms with Crippen LogP contribution in [0.3, 0.4) is 0 Å². The average molecular weight is 336 g/mol. The summed E-state index contributed by atoms with van der Waals surface area (Å²) in [6.45, 7) is 4.70. The Labute approximate surface area is 132 Å². The highest BCUT2D eigenvalue weighted by Crippen LogP contribution is 2.11. The van der Waals surface area contributed by atoms with Gasteiger partial charge in [0.2, 0.25) is 10.0 Å². The minimum atomic E-state index is -3.51. The van der Waals surface area contributed by atoms with Crippen LogP contribution >= 0.6 is 12.4 Å². The summed E-state index contributed by atoms with van der Waals surface area (Å²) in [6.07, 6.45) is 0. The lowest BCUT2D eigenvalue weighted by atomic mass is 10.2. The van der Waals surface area contributed by atoms with Gasteiger partial charge in [0.25, 0.3) is 5.91 Å². The predicted molar refractivity (Wildman–Crippen MR) is 85.4 cm³/mol. The SMILES string of the molecule is CNCCNC(=O)c1ccc(S(=O)(=O)NC(C)C)cc1.Cl. The van der Waals surface area contributed by atoms with Crippen LogP contribution in [0.1, 0.15) is 24.2 Å². The van der Waals surface area contributed by atoms with E-state index in [2.05, 4.69) is 15.4 Å². The van der Waals surface area contributed by atoms with Crippen LogP contribution in [0.2, 0.25) is 0 Å². The molecule has 0 spiro atoms. The van der Waals surface area contributed by atoms with Crippen LogP contribution in [0.25, 0.3) is 0 Å². The summed E-state index contributed by atoms with van der Waals surface area (Å²) < 4.78 is 26.3. The molecule has 0 bridgehead atoms. The second-order valence-corrected chi connectivity index (χ2v) is 6.37. The van der Waals surface area contributed by atoms with E-state index in [0.29, 0.717) is 18.7 Å². The van der Waals surface area contributed by atoms with E-state index in [-0.39, 0.29) is 29.3 Å². The van der Waals surface area contributed by atoms with E-state index in [1.165, 1.54) is 24.3 Å². The fraction of sp³-hybridized carbons (Fsp3) is 0.462. The summed E-state index contributed by atoms with van der Waals surface area (Å²) in [5.41, 5.74) is 0.435. The summed E-state index contributed by atoms with van der Waals surface area (Å²) in [7, 11) is -1.72. The molecule has 0 radical (unpaired) electrons. The number of carbonyl (C=O) groups excluding carboxylic acids is 1. The van der Waals surface area contributed by atoms with Crippen molar-refractivity contribution in [2.45, 2.75) is 24.8 Å². The van der Waals surface area contributed by atoms with Crippen LogP contribution < -0.4 is 15.4 Å². The van der Waals surface area contributed by atoms with Gasteiger partial charge in [-0.1, -0.05) is 0 Å². The Bertz CT molecular complexity index is 544. The Kier molecular flexibility index (Phi) is 8.50. The fourth-order valence-electron chi connectivity index (χ4n) is 1.57. The van der Waals surface area contributed by atoms with Gasteiger partial charge in [0.1, 0.15) is 0 Å². The number of benzene rings is 1. The molecule has 0 aliphatic heterocycles. The number of hydrogen-bond donors (Lipinski definition) is 3. The minimum absolute atomic E-state index is 0. The highest BCUT2D eigenvalue weighted by Gasteiger charge is 2.15. The Morgan fingerprint density at radius 1 is 1.14 bits per heavy atom. The zero-order valence-electron chi connectivity index (χ0n) is 12.3. The van der Waals surface area contributed by atoms with Gasteiger partial charge in [0.15, 0.2) is 0 Å². The lowest BCUT2D eigenvalue weighted by Crippen LogP contribution is -2.31. The van der Waals surface area contributed by atoms with Crippen molar-refractivity contribution in [2.24, 2.45) is 0 Å². The predicted octanol–water partition coefficient (Wildman–Crippen LogP) is 0.744. The van der Waals surface area contributed by atoms with E-state index in [4.69, 9.17) is 0 Å². The maximum atomic E-state index is 11.9. The average Bonchev–Trinajstić information content (AvgIpc) is 2.37. The van der Waals surface area contributed by atoms with E-state index < -0.39 is 10.0 Å². The second kappa shape index (κ2) is 8.99. The third-order valence-electron chi connectivity index (χ3n) is 2.48. The maximum absolute atomic E-state index is 11.9. The number of sulfonamides is 1. The standard InChI is InChI=1S/C13H21N3O3S.ClH/c1-10(2)16-20(18,19)12-6-4-11(5-7-12)13(17)15-9-8-14-3;/h4-7,10,14,16H,8-9H2,1-3H3,(H,15,17);1H. The lowest BCUT2D eigenvalue weighted by Gasteiger charge is -2.10. The Hall–Kier alpha value is -1.15. The second-order valence-electron chi connectivity index (χ2n) is 4.66. The third-order valence-corrected chi connectivity index (χ3v) is 4.15. The molecule has 0 heterocycles. The van der Waals surface area contributed by atoms with Gasteiger partial charge in [-0.05, 0) is 45.2 Å². The quantitative estimate of drug-likeness (QED) is 0.641. The molecule has 1 aromatic rings. The van der Waals surface area contributed by atoms with Crippen molar-refractivity contribution in [3.8, 4) is 0 Å². The first-order valence-electron chi connectivity index (χ1n) is 6.42. The molecule has 0 saturated carbocycles. The smallest absolute Gasteiger partial charge is 0.251 e. The molecule has 0 saturated heterocycles. The number of halogens is 1. The molecule has 1 amide bonds. The summed E-state index contributed by atoms with van der Waals surface area (Å²) in [6, 6.07) is 5.69. The van der Waals surface area contributed by atoms with Gasteiger partial charge in [-0.3, -0.25) is 4.79 Å². The highest BCUT2D eigenvalue weighted by atomic mass is 35.5. The van der Waals surface area contributed by atoms with E-state index in [0.717, 1.165) is 0 Å². The van der Waals surface area contributed by atoms with Crippen LogP contribution in [0, 0.1) is 0 Å². The zero-order valence-corrected chi connectivity index (χ0v) is 14.0. The van der Waals surface area contributed by atoms with Crippen molar-refractivity contribution in [2.75, 3.05) is 20.1 Å². The minimum Gasteiger partial charge on any atom is -0.351 e. The van der Waals surface area contributed by atoms with Crippen LogP contribution in [0.5, 0.6) is 0 Å². The van der Waals surface area contributed by atoms with Crippen molar-refractivity contribution in [1.29, 1.82) is 0 Å². The largest absolute Gasteiger partial charge is 0.351 e. The first kappa shape index (κ1) is 19.9. The van der Waals surface area contributed by atoms with Gasteiger partial charge in [0, 0.05) is 24.7 Å². The molecular weight excluding hydrogens is 314 g/mol. The molecule has 0 aliphatic rings. The van der Waals surface area contributed by atoms with Crippen molar-refractivity contribution in [1.82, 2.24) is 15.4 Å². The van der Waals surface area contributed by atoms with Crippen LogP contribution in [-0.2, 0) is 10.0 Å². The molecule has 0 atom stereocenters. The van der Waals surface area contributed by atoms with Crippen LogP contribution in [0.4, 0.5) is 0 Å². The Morgan fingerprint density at radius 3 is 2.19 bits per heavy atom. The lowest BCUT2D eigenvalue weighted by molar-refractivity contribution is 0.0954. The number of rotatable bonds is 7. The first-order chi connectivity index (χ1) is 9.36. The molecular formula is C13H22ClN3O3S. The molecule has 6 nitrogen and oxygen atoms in total. The Morgan fingerprint density at radius 2 is 1.71 bits per heavy atom. The maximum Gasteiger partial charge on any atom is 0.251 e. The van der Waals surface area contributed by atoms with E-state index in [1.807, 2.05) is 0 Å². The summed E-state index contributed by atoms with van der Waals surface area (Å²) in [4.78, 5) is 11.9. The molecule has 1 aromatic carbocycles. The molecule has 0 aliphatic carbocycles. The van der Waals surface area contributed by atoms with E-state index in [1.54, 1.807) is 20.9 Å². The number of likely N-dealkylation sites (N-methyl/N-ethyl adjacent to an activating group) is 1. The van der Waals surface area contributed by atoms with Crippen molar-refractivity contribution in [3.05, 3.63) is 29.8 Å². The van der Waals surface area contributed by atoms with Crippen molar-refractivity contribution < 1.29 is 13.2 Å². The topological polar surface area (TPSA) is 87.3 Å². The molecule has 1 rings (SSSR count). The molecule has 0 aromatic heterocycles. The number of nitrogens with one attached hydrogen (secondary N) is 3. The molecule has 120 valence electrons. The molecule has 3 N–H and O–H groups in total. The van der Waals surface area contributed by atoms with Gasteiger partial charge >= 0.3 is 0 Å². The number of hydrogen-bond acceptors (Lipinski definition) is 4. The number of carbonyl (C=O) groups is 1. The molecule has 21 heavy (non-hydrogen) atoms. The van der Waals surface area contributed by atoms with Gasteiger partial charge in [-0.2, -0.15) is 0 Å². The van der Waals surface area contributed by atoms with Crippen LogP contribution in [-0.4, -0.2) is 40.5 Å². The monoisotopic (exact) mass is 335 g/mol. The summed E-state index contributed by atoms with van der Waals surface area (Å²) in [5.74, 6) is -0.221. The first-order valence-corrected chi connectivity index (χ1v) is 7.90. The normalized spacial score (nSPS) is 11.0. The summed E-state index contributed by atoms with van der Waals surface area (Å²) in [5, 5.41) is 5.64. The highest BCUT2D eigenvalue weighted by molar-refractivity contribution is 7.89. The third kappa shape index (κ3) is 6.43. The van der Waals surface area contributed by atoms with Gasteiger partial charge in [-0.15, -0.1) is 12.4 Å². The van der Waals surface area contributed by atoms with E-state index >= 15 is 0 Å². The molecule has 8 heteroatoms. The van der Waals surface area contributed by atoms with Crippen molar-refractivity contribution >= 4 is 28.3 Å². The zero-order chi connectivity index (χ0) is 15.2. The summed E-state index contributed by atoms with van der Waals surface area (Å²) >= 11 is 0. The van der Waals surface area contributed by atoms with Gasteiger partial charge in [-0.25, -0.2) is 13.1 Å². The molecule has 0 unspecified atom stereocenters. The van der Waals surface area contributed by atoms with E-state index in [9.17, 15) is 13.2 Å².